The van der Waals surface area contributed by atoms with Crippen molar-refractivity contribution < 1.29 is 14.6 Å². The number of aryl methyl sites for hydroxylation is 2. The van der Waals surface area contributed by atoms with Crippen LogP contribution in [-0.4, -0.2) is 41.8 Å². The number of carboxylic acids is 1. The maximum absolute atomic E-state index is 10.9. The van der Waals surface area contributed by atoms with Crippen molar-refractivity contribution in [1.29, 1.82) is 0 Å². The van der Waals surface area contributed by atoms with Gasteiger partial charge in [-0.2, -0.15) is 0 Å². The Balaban J connectivity index is 2.10. The average molecular weight is 263 g/mol. The monoisotopic (exact) mass is 263 g/mol. The van der Waals surface area contributed by atoms with Gasteiger partial charge in [0.05, 0.1) is 19.6 Å². The van der Waals surface area contributed by atoms with Crippen molar-refractivity contribution in [2.45, 2.75) is 32.9 Å². The predicted octanol–water partition coefficient (Wildman–Crippen LogP) is 1.98. The van der Waals surface area contributed by atoms with E-state index >= 15 is 0 Å². The number of aliphatic carboxylic acids is 1. The minimum atomic E-state index is -0.763. The van der Waals surface area contributed by atoms with Crippen molar-refractivity contribution in [3.8, 4) is 0 Å². The molecule has 0 bridgehead atoms. The molecule has 1 aliphatic heterocycles. The maximum Gasteiger partial charge on any atom is 0.305 e. The van der Waals surface area contributed by atoms with Crippen LogP contribution in [0.3, 0.4) is 0 Å². The number of hydrogen-bond acceptors (Lipinski definition) is 3. The topological polar surface area (TPSA) is 49.8 Å². The standard InChI is InChI=1S/C15H21NO3/c1-11-3-4-12(2)13(7-11)9-16-5-6-19-10-14(16)8-15(17)18/h3-4,7,14H,5-6,8-10H2,1-2H3,(H,17,18). The van der Waals surface area contributed by atoms with Gasteiger partial charge in [-0.25, -0.2) is 0 Å². The molecule has 104 valence electrons. The summed E-state index contributed by atoms with van der Waals surface area (Å²) in [6, 6.07) is 6.39. The van der Waals surface area contributed by atoms with Gasteiger partial charge in [-0.1, -0.05) is 23.8 Å². The Morgan fingerprint density at radius 3 is 3.00 bits per heavy atom. The molecule has 0 saturated carbocycles. The molecular weight excluding hydrogens is 242 g/mol. The molecule has 1 fully saturated rings. The van der Waals surface area contributed by atoms with Crippen LogP contribution in [-0.2, 0) is 16.1 Å². The number of carbonyl (C=O) groups is 1. The van der Waals surface area contributed by atoms with Gasteiger partial charge in [-0.15, -0.1) is 0 Å². The Labute approximate surface area is 114 Å². The Hall–Kier alpha value is -1.39. The predicted molar refractivity (Wildman–Crippen MR) is 73.2 cm³/mol. The van der Waals surface area contributed by atoms with Crippen molar-refractivity contribution in [2.75, 3.05) is 19.8 Å². The highest BCUT2D eigenvalue weighted by molar-refractivity contribution is 5.67. The van der Waals surface area contributed by atoms with E-state index in [-0.39, 0.29) is 12.5 Å². The lowest BCUT2D eigenvalue weighted by atomic mass is 10.0. The van der Waals surface area contributed by atoms with Crippen LogP contribution >= 0.6 is 0 Å². The fourth-order valence-electron chi connectivity index (χ4n) is 2.48. The molecule has 4 nitrogen and oxygen atoms in total. The molecule has 0 radical (unpaired) electrons. The first-order valence-corrected chi connectivity index (χ1v) is 6.66. The van der Waals surface area contributed by atoms with Crippen LogP contribution in [0.5, 0.6) is 0 Å². The Morgan fingerprint density at radius 2 is 2.26 bits per heavy atom. The molecular formula is C15H21NO3. The Morgan fingerprint density at radius 1 is 1.47 bits per heavy atom. The molecule has 2 rings (SSSR count). The molecule has 4 heteroatoms. The van der Waals surface area contributed by atoms with E-state index in [4.69, 9.17) is 9.84 Å². The molecule has 1 N–H and O–H groups in total. The minimum Gasteiger partial charge on any atom is -0.481 e. The van der Waals surface area contributed by atoms with Crippen LogP contribution in [0.25, 0.3) is 0 Å². The van der Waals surface area contributed by atoms with Crippen LogP contribution in [0.2, 0.25) is 0 Å². The van der Waals surface area contributed by atoms with Crippen molar-refractivity contribution in [1.82, 2.24) is 4.90 Å². The molecule has 1 atom stereocenters. The van der Waals surface area contributed by atoms with E-state index < -0.39 is 5.97 Å². The highest BCUT2D eigenvalue weighted by atomic mass is 16.5. The van der Waals surface area contributed by atoms with Gasteiger partial charge < -0.3 is 9.84 Å². The van der Waals surface area contributed by atoms with Crippen LogP contribution < -0.4 is 0 Å². The number of ether oxygens (including phenoxy) is 1. The number of morpholine rings is 1. The average Bonchev–Trinajstić information content (AvgIpc) is 2.35. The van der Waals surface area contributed by atoms with Gasteiger partial charge in [0.15, 0.2) is 0 Å². The van der Waals surface area contributed by atoms with E-state index in [1.54, 1.807) is 0 Å². The number of carboxylic acid groups (broad SMARTS) is 1. The van der Waals surface area contributed by atoms with Crippen LogP contribution in [0.4, 0.5) is 0 Å². The molecule has 1 aliphatic rings. The number of hydrogen-bond donors (Lipinski definition) is 1. The SMILES string of the molecule is Cc1ccc(C)c(CN2CCOCC2CC(=O)O)c1. The zero-order valence-electron chi connectivity index (χ0n) is 11.6. The smallest absolute Gasteiger partial charge is 0.305 e. The highest BCUT2D eigenvalue weighted by Gasteiger charge is 2.25. The molecule has 0 amide bonds. The van der Waals surface area contributed by atoms with E-state index in [1.165, 1.54) is 16.7 Å². The molecule has 0 spiro atoms. The van der Waals surface area contributed by atoms with Gasteiger partial charge in [-0.05, 0) is 25.0 Å². The number of benzene rings is 1. The summed E-state index contributed by atoms with van der Waals surface area (Å²) in [6.07, 6.45) is 0.144. The molecule has 1 heterocycles. The van der Waals surface area contributed by atoms with Crippen LogP contribution in [0.15, 0.2) is 18.2 Å². The first-order chi connectivity index (χ1) is 9.06. The largest absolute Gasteiger partial charge is 0.481 e. The third-order valence-electron chi connectivity index (χ3n) is 3.64. The van der Waals surface area contributed by atoms with Crippen LogP contribution in [0, 0.1) is 13.8 Å². The highest BCUT2D eigenvalue weighted by Crippen LogP contribution is 2.18. The van der Waals surface area contributed by atoms with Crippen molar-refractivity contribution in [3.05, 3.63) is 34.9 Å². The normalized spacial score (nSPS) is 20.4. The Bertz CT molecular complexity index is 459. The summed E-state index contributed by atoms with van der Waals surface area (Å²) in [5.41, 5.74) is 3.77. The molecule has 19 heavy (non-hydrogen) atoms. The molecule has 1 aromatic carbocycles. The molecule has 0 aromatic heterocycles. The summed E-state index contributed by atoms with van der Waals surface area (Å²) in [5.74, 6) is -0.763. The lowest BCUT2D eigenvalue weighted by Crippen LogP contribution is -2.46. The molecule has 1 aromatic rings. The minimum absolute atomic E-state index is 0.0221. The van der Waals surface area contributed by atoms with E-state index in [9.17, 15) is 4.79 Å². The first-order valence-electron chi connectivity index (χ1n) is 6.66. The summed E-state index contributed by atoms with van der Waals surface area (Å²) in [6.45, 7) is 6.97. The van der Waals surface area contributed by atoms with Gasteiger partial charge in [0.25, 0.3) is 0 Å². The lowest BCUT2D eigenvalue weighted by molar-refractivity contribution is -0.140. The van der Waals surface area contributed by atoms with Gasteiger partial charge in [-0.3, -0.25) is 9.69 Å². The molecule has 1 unspecified atom stereocenters. The zero-order chi connectivity index (χ0) is 13.8. The second-order valence-corrected chi connectivity index (χ2v) is 5.23. The Kier molecular flexibility index (Phi) is 4.56. The van der Waals surface area contributed by atoms with Gasteiger partial charge >= 0.3 is 5.97 Å². The van der Waals surface area contributed by atoms with E-state index in [0.717, 1.165) is 13.1 Å². The summed E-state index contributed by atoms with van der Waals surface area (Å²) in [4.78, 5) is 13.1. The second kappa shape index (κ2) is 6.17. The van der Waals surface area contributed by atoms with E-state index in [2.05, 4.69) is 36.9 Å². The van der Waals surface area contributed by atoms with Crippen LogP contribution in [0.1, 0.15) is 23.1 Å². The van der Waals surface area contributed by atoms with Gasteiger partial charge in [0.2, 0.25) is 0 Å². The third-order valence-corrected chi connectivity index (χ3v) is 3.64. The zero-order valence-corrected chi connectivity index (χ0v) is 11.6. The van der Waals surface area contributed by atoms with Crippen molar-refractivity contribution >= 4 is 5.97 Å². The summed E-state index contributed by atoms with van der Waals surface area (Å²) in [7, 11) is 0. The third kappa shape index (κ3) is 3.78. The summed E-state index contributed by atoms with van der Waals surface area (Å²) < 4.78 is 5.40. The lowest BCUT2D eigenvalue weighted by Gasteiger charge is -2.35. The fourth-order valence-corrected chi connectivity index (χ4v) is 2.48. The van der Waals surface area contributed by atoms with Gasteiger partial charge in [0, 0.05) is 19.1 Å². The number of rotatable bonds is 4. The van der Waals surface area contributed by atoms with E-state index in [1.807, 2.05) is 0 Å². The summed E-state index contributed by atoms with van der Waals surface area (Å²) in [5, 5.41) is 8.97. The first kappa shape index (κ1) is 14.0. The van der Waals surface area contributed by atoms with Crippen molar-refractivity contribution in [3.63, 3.8) is 0 Å². The second-order valence-electron chi connectivity index (χ2n) is 5.23. The van der Waals surface area contributed by atoms with E-state index in [0.29, 0.717) is 13.2 Å². The number of nitrogens with zero attached hydrogens (tertiary/aromatic N) is 1. The maximum atomic E-state index is 10.9. The molecule has 0 aliphatic carbocycles. The fraction of sp³-hybridized carbons (Fsp3) is 0.533. The van der Waals surface area contributed by atoms with Crippen molar-refractivity contribution in [2.24, 2.45) is 0 Å². The summed E-state index contributed by atoms with van der Waals surface area (Å²) >= 11 is 0. The molecule has 1 saturated heterocycles. The van der Waals surface area contributed by atoms with Gasteiger partial charge in [0.1, 0.15) is 0 Å². The quantitative estimate of drug-likeness (QED) is 0.902.